The maximum Gasteiger partial charge on any atom is 0.248 e. The Balaban J connectivity index is 0.00000176. The van der Waals surface area contributed by atoms with Crippen molar-refractivity contribution in [2.45, 2.75) is 19.4 Å². The summed E-state index contributed by atoms with van der Waals surface area (Å²) < 4.78 is 5.93. The number of H-pyrrole nitrogens is 1. The lowest BCUT2D eigenvalue weighted by atomic mass is 10.0. The molecule has 6 nitrogen and oxygen atoms in total. The number of aryl methyl sites for hydroxylation is 1. The summed E-state index contributed by atoms with van der Waals surface area (Å²) in [5, 5.41) is 3.63. The quantitative estimate of drug-likeness (QED) is 0.772. The zero-order valence-electron chi connectivity index (χ0n) is 12.1. The number of halogens is 1. The van der Waals surface area contributed by atoms with Crippen molar-refractivity contribution in [2.75, 3.05) is 13.1 Å². The van der Waals surface area contributed by atoms with Crippen molar-refractivity contribution < 1.29 is 9.53 Å². The van der Waals surface area contributed by atoms with Gasteiger partial charge in [0.2, 0.25) is 11.5 Å². The molecule has 0 radical (unpaired) electrons. The Kier molecular flexibility index (Phi) is 4.73. The Morgan fingerprint density at radius 3 is 3.00 bits per heavy atom. The average Bonchev–Trinajstić information content (AvgIpc) is 2.88. The van der Waals surface area contributed by atoms with Gasteiger partial charge in [-0.2, -0.15) is 0 Å². The summed E-state index contributed by atoms with van der Waals surface area (Å²) in [5.74, 6) is 0.596. The number of carbonyl (C=O) groups is 1. The van der Waals surface area contributed by atoms with Crippen LogP contribution in [0.3, 0.4) is 0 Å². The van der Waals surface area contributed by atoms with Crippen molar-refractivity contribution in [1.29, 1.82) is 0 Å². The van der Waals surface area contributed by atoms with E-state index in [1.807, 2.05) is 13.0 Å². The van der Waals surface area contributed by atoms with E-state index < -0.39 is 0 Å². The summed E-state index contributed by atoms with van der Waals surface area (Å²) in [6.45, 7) is 2.36. The van der Waals surface area contributed by atoms with Crippen LogP contribution in [0.2, 0.25) is 0 Å². The van der Waals surface area contributed by atoms with Crippen LogP contribution in [-0.2, 0) is 11.2 Å². The van der Waals surface area contributed by atoms with E-state index in [-0.39, 0.29) is 36.5 Å². The Hall–Kier alpha value is -2.05. The van der Waals surface area contributed by atoms with E-state index in [1.165, 1.54) is 6.07 Å². The normalized spacial score (nSPS) is 15.8. The zero-order valence-corrected chi connectivity index (χ0v) is 13.0. The minimum absolute atomic E-state index is 0. The SMILES string of the molecule is Cc1cc2c(c3ccc(=O)[nH]c13)OC(CNC(=O)CN)C2.Cl. The van der Waals surface area contributed by atoms with Crippen LogP contribution in [0.5, 0.6) is 5.75 Å². The third kappa shape index (κ3) is 2.93. The third-order valence-corrected chi connectivity index (χ3v) is 3.68. The smallest absolute Gasteiger partial charge is 0.248 e. The van der Waals surface area contributed by atoms with Gasteiger partial charge in [-0.1, -0.05) is 6.07 Å². The number of fused-ring (bicyclic) bond motifs is 3. The van der Waals surface area contributed by atoms with Crippen LogP contribution in [0.1, 0.15) is 11.1 Å². The second kappa shape index (κ2) is 6.37. The Labute approximate surface area is 133 Å². The van der Waals surface area contributed by atoms with Crippen LogP contribution in [0.4, 0.5) is 0 Å². The first-order valence-electron chi connectivity index (χ1n) is 6.87. The molecule has 1 amide bonds. The molecule has 0 fully saturated rings. The van der Waals surface area contributed by atoms with E-state index in [0.29, 0.717) is 6.54 Å². The van der Waals surface area contributed by atoms with Crippen LogP contribution in [0.15, 0.2) is 23.0 Å². The molecule has 2 heterocycles. The topological polar surface area (TPSA) is 97.2 Å². The Morgan fingerprint density at radius 2 is 2.27 bits per heavy atom. The summed E-state index contributed by atoms with van der Waals surface area (Å²) in [5.41, 5.74) is 8.04. The molecule has 0 bridgehead atoms. The van der Waals surface area contributed by atoms with Gasteiger partial charge in [0.1, 0.15) is 11.9 Å². The molecule has 1 aromatic heterocycles. The van der Waals surface area contributed by atoms with Crippen molar-refractivity contribution in [3.8, 4) is 5.75 Å². The van der Waals surface area contributed by atoms with Gasteiger partial charge in [-0.15, -0.1) is 12.4 Å². The molecule has 0 aliphatic carbocycles. The lowest BCUT2D eigenvalue weighted by Gasteiger charge is -2.12. The lowest BCUT2D eigenvalue weighted by molar-refractivity contribution is -0.120. The summed E-state index contributed by atoms with van der Waals surface area (Å²) in [6.07, 6.45) is 0.628. The molecule has 1 atom stereocenters. The molecule has 1 aliphatic heterocycles. The summed E-state index contributed by atoms with van der Waals surface area (Å²) in [7, 11) is 0. The zero-order chi connectivity index (χ0) is 15.0. The molecule has 7 heteroatoms. The van der Waals surface area contributed by atoms with E-state index in [9.17, 15) is 9.59 Å². The number of ether oxygens (including phenoxy) is 1. The molecule has 4 N–H and O–H groups in total. The van der Waals surface area contributed by atoms with Gasteiger partial charge in [-0.05, 0) is 24.1 Å². The van der Waals surface area contributed by atoms with Crippen molar-refractivity contribution in [3.05, 3.63) is 39.7 Å². The summed E-state index contributed by atoms with van der Waals surface area (Å²) in [4.78, 5) is 25.5. The molecule has 1 aromatic carbocycles. The highest BCUT2D eigenvalue weighted by Crippen LogP contribution is 2.36. The van der Waals surface area contributed by atoms with Gasteiger partial charge in [0.25, 0.3) is 0 Å². The predicted octanol–water partition coefficient (Wildman–Crippen LogP) is 0.637. The second-order valence-corrected chi connectivity index (χ2v) is 5.25. The van der Waals surface area contributed by atoms with Crippen molar-refractivity contribution in [2.24, 2.45) is 5.73 Å². The number of hydrogen-bond donors (Lipinski definition) is 3. The molecular weight excluding hydrogens is 306 g/mol. The highest BCUT2D eigenvalue weighted by atomic mass is 35.5. The second-order valence-electron chi connectivity index (χ2n) is 5.25. The fraction of sp³-hybridized carbons (Fsp3) is 0.333. The summed E-state index contributed by atoms with van der Waals surface area (Å²) >= 11 is 0. The minimum atomic E-state index is -0.195. The van der Waals surface area contributed by atoms with Crippen molar-refractivity contribution in [3.63, 3.8) is 0 Å². The van der Waals surface area contributed by atoms with Crippen LogP contribution >= 0.6 is 12.4 Å². The van der Waals surface area contributed by atoms with Crippen molar-refractivity contribution >= 4 is 29.2 Å². The van der Waals surface area contributed by atoms with E-state index in [1.54, 1.807) is 6.07 Å². The van der Waals surface area contributed by atoms with Gasteiger partial charge in [-0.25, -0.2) is 0 Å². The molecular formula is C15H18ClN3O3. The number of nitrogens with two attached hydrogens (primary N) is 1. The number of amides is 1. The average molecular weight is 324 g/mol. The van der Waals surface area contributed by atoms with Crippen LogP contribution < -0.4 is 21.3 Å². The highest BCUT2D eigenvalue weighted by molar-refractivity contribution is 5.89. The van der Waals surface area contributed by atoms with E-state index in [0.717, 1.165) is 34.2 Å². The predicted molar refractivity (Wildman–Crippen MR) is 86.7 cm³/mol. The Morgan fingerprint density at radius 1 is 1.50 bits per heavy atom. The number of aromatic amines is 1. The van der Waals surface area contributed by atoms with Gasteiger partial charge in [0.15, 0.2) is 0 Å². The number of nitrogens with one attached hydrogen (secondary N) is 2. The van der Waals surface area contributed by atoms with Gasteiger partial charge in [-0.3, -0.25) is 9.59 Å². The molecule has 0 saturated heterocycles. The Bertz CT molecular complexity index is 772. The molecule has 22 heavy (non-hydrogen) atoms. The third-order valence-electron chi connectivity index (χ3n) is 3.68. The molecule has 1 aliphatic rings. The van der Waals surface area contributed by atoms with E-state index in [4.69, 9.17) is 10.5 Å². The van der Waals surface area contributed by atoms with Gasteiger partial charge in [0.05, 0.1) is 18.6 Å². The van der Waals surface area contributed by atoms with E-state index >= 15 is 0 Å². The van der Waals surface area contributed by atoms with Crippen LogP contribution in [0.25, 0.3) is 10.9 Å². The number of pyridine rings is 1. The number of carbonyl (C=O) groups excluding carboxylic acids is 1. The number of benzene rings is 1. The standard InChI is InChI=1S/C15H17N3O3.ClH/c1-8-4-9-5-10(7-17-13(20)6-16)21-15(9)11-2-3-12(19)18-14(8)11;/h2-4,10H,5-7,16H2,1H3,(H,17,20)(H,18,19);1H. The fourth-order valence-corrected chi connectivity index (χ4v) is 2.70. The molecule has 3 rings (SSSR count). The van der Waals surface area contributed by atoms with Gasteiger partial charge < -0.3 is 20.8 Å². The van der Waals surface area contributed by atoms with Gasteiger partial charge in [0, 0.05) is 17.9 Å². The molecule has 118 valence electrons. The first-order valence-corrected chi connectivity index (χ1v) is 6.87. The van der Waals surface area contributed by atoms with E-state index in [2.05, 4.69) is 10.3 Å². The van der Waals surface area contributed by atoms with Crippen molar-refractivity contribution in [1.82, 2.24) is 10.3 Å². The maximum atomic E-state index is 11.5. The lowest BCUT2D eigenvalue weighted by Crippen LogP contribution is -2.37. The van der Waals surface area contributed by atoms with Gasteiger partial charge >= 0.3 is 0 Å². The monoisotopic (exact) mass is 323 g/mol. The largest absolute Gasteiger partial charge is 0.487 e. The number of hydrogen-bond acceptors (Lipinski definition) is 4. The summed E-state index contributed by atoms with van der Waals surface area (Å²) in [6, 6.07) is 5.30. The molecule has 1 unspecified atom stereocenters. The molecule has 0 spiro atoms. The number of rotatable bonds is 3. The minimum Gasteiger partial charge on any atom is -0.487 e. The molecule has 2 aromatic rings. The first kappa shape index (κ1) is 16.3. The van der Waals surface area contributed by atoms with Crippen LogP contribution in [0, 0.1) is 6.92 Å². The molecule has 0 saturated carbocycles. The maximum absolute atomic E-state index is 11.5. The highest BCUT2D eigenvalue weighted by Gasteiger charge is 2.26. The fourth-order valence-electron chi connectivity index (χ4n) is 2.70. The van der Waals surface area contributed by atoms with Crippen LogP contribution in [-0.4, -0.2) is 30.1 Å². The number of aromatic nitrogens is 1. The first-order chi connectivity index (χ1) is 10.1.